The molecule has 1 fully saturated rings. The van der Waals surface area contributed by atoms with E-state index in [1.54, 1.807) is 0 Å². The monoisotopic (exact) mass is 260 g/mol. The summed E-state index contributed by atoms with van der Waals surface area (Å²) in [5.41, 5.74) is 3.16. The van der Waals surface area contributed by atoms with Crippen LogP contribution in [0, 0.1) is 0 Å². The summed E-state index contributed by atoms with van der Waals surface area (Å²) in [6, 6.07) is 9.66. The molecule has 0 radical (unpaired) electrons. The van der Waals surface area contributed by atoms with E-state index >= 15 is 0 Å². The first kappa shape index (κ1) is 14.5. The van der Waals surface area contributed by atoms with Crippen LogP contribution in [0.3, 0.4) is 0 Å². The van der Waals surface area contributed by atoms with Crippen molar-refractivity contribution in [2.24, 2.45) is 0 Å². The van der Waals surface area contributed by atoms with Crippen molar-refractivity contribution in [2.45, 2.75) is 51.6 Å². The number of likely N-dealkylation sites (N-methyl/N-ethyl adjacent to an activating group) is 1. The predicted molar refractivity (Wildman–Crippen MR) is 82.5 cm³/mol. The average molecular weight is 260 g/mol. The zero-order chi connectivity index (χ0) is 13.9. The molecular formula is C17H28N2. The van der Waals surface area contributed by atoms with Crippen molar-refractivity contribution in [3.8, 4) is 0 Å². The second kappa shape index (κ2) is 6.06. The Kier molecular flexibility index (Phi) is 4.64. The molecular weight excluding hydrogens is 232 g/mol. The maximum atomic E-state index is 3.58. The van der Waals surface area contributed by atoms with E-state index in [4.69, 9.17) is 0 Å². The highest BCUT2D eigenvalue weighted by Gasteiger charge is 2.20. The number of hydrogen-bond acceptors (Lipinski definition) is 2. The van der Waals surface area contributed by atoms with Crippen LogP contribution >= 0.6 is 0 Å². The van der Waals surface area contributed by atoms with Crippen molar-refractivity contribution in [3.05, 3.63) is 35.4 Å². The van der Waals surface area contributed by atoms with Crippen molar-refractivity contribution in [1.29, 1.82) is 0 Å². The summed E-state index contributed by atoms with van der Waals surface area (Å²) in [5.74, 6) is 0. The molecule has 0 saturated heterocycles. The smallest absolute Gasteiger partial charge is 0.0234 e. The highest BCUT2D eigenvalue weighted by Crippen LogP contribution is 2.26. The number of nitrogens with zero attached hydrogens (tertiary/aromatic N) is 1. The lowest BCUT2D eigenvalue weighted by Gasteiger charge is -2.25. The van der Waals surface area contributed by atoms with Gasteiger partial charge in [-0.2, -0.15) is 0 Å². The van der Waals surface area contributed by atoms with Crippen molar-refractivity contribution >= 4 is 0 Å². The summed E-state index contributed by atoms with van der Waals surface area (Å²) in [6.45, 7) is 10.1. The SMILES string of the molecule is CN(CCNC1CC1)Cc1ccccc1C(C)(C)C. The molecule has 1 aromatic carbocycles. The zero-order valence-corrected chi connectivity index (χ0v) is 12.9. The van der Waals surface area contributed by atoms with E-state index in [0.29, 0.717) is 0 Å². The Hall–Kier alpha value is -0.860. The lowest BCUT2D eigenvalue weighted by atomic mass is 9.83. The van der Waals surface area contributed by atoms with E-state index in [2.05, 4.69) is 62.3 Å². The van der Waals surface area contributed by atoms with Crippen LogP contribution in [-0.2, 0) is 12.0 Å². The fourth-order valence-electron chi connectivity index (χ4n) is 2.51. The first-order valence-electron chi connectivity index (χ1n) is 7.47. The molecule has 0 amide bonds. The Labute approximate surface area is 118 Å². The molecule has 1 N–H and O–H groups in total. The molecule has 106 valence electrons. The lowest BCUT2D eigenvalue weighted by molar-refractivity contribution is 0.321. The minimum absolute atomic E-state index is 0.226. The average Bonchev–Trinajstić information content (AvgIpc) is 3.12. The molecule has 1 aromatic rings. The van der Waals surface area contributed by atoms with E-state index in [9.17, 15) is 0 Å². The van der Waals surface area contributed by atoms with Crippen molar-refractivity contribution in [1.82, 2.24) is 10.2 Å². The van der Waals surface area contributed by atoms with Gasteiger partial charge in [0.05, 0.1) is 0 Å². The molecule has 0 aromatic heterocycles. The highest BCUT2D eigenvalue weighted by molar-refractivity contribution is 5.32. The number of nitrogens with one attached hydrogen (secondary N) is 1. The zero-order valence-electron chi connectivity index (χ0n) is 12.9. The molecule has 0 atom stereocenters. The molecule has 0 unspecified atom stereocenters. The van der Waals surface area contributed by atoms with Gasteiger partial charge >= 0.3 is 0 Å². The topological polar surface area (TPSA) is 15.3 Å². The molecule has 1 aliphatic rings. The maximum absolute atomic E-state index is 3.58. The van der Waals surface area contributed by atoms with Gasteiger partial charge in [-0.05, 0) is 36.4 Å². The molecule has 0 spiro atoms. The molecule has 0 aliphatic heterocycles. The van der Waals surface area contributed by atoms with Gasteiger partial charge in [0, 0.05) is 25.7 Å². The standard InChI is InChI=1S/C17H28N2/c1-17(2,3)16-8-6-5-7-14(16)13-19(4)12-11-18-15-9-10-15/h5-8,15,18H,9-13H2,1-4H3. The third-order valence-corrected chi connectivity index (χ3v) is 3.77. The van der Waals surface area contributed by atoms with Gasteiger partial charge in [-0.25, -0.2) is 0 Å². The van der Waals surface area contributed by atoms with Gasteiger partial charge in [0.1, 0.15) is 0 Å². The van der Waals surface area contributed by atoms with Crippen LogP contribution < -0.4 is 5.32 Å². The summed E-state index contributed by atoms with van der Waals surface area (Å²) in [7, 11) is 2.22. The molecule has 2 rings (SSSR count). The summed E-state index contributed by atoms with van der Waals surface area (Å²) in [6.07, 6.45) is 2.74. The Balaban J connectivity index is 1.89. The molecule has 19 heavy (non-hydrogen) atoms. The van der Waals surface area contributed by atoms with Gasteiger partial charge in [-0.15, -0.1) is 0 Å². The van der Waals surface area contributed by atoms with Crippen LogP contribution in [-0.4, -0.2) is 31.1 Å². The quantitative estimate of drug-likeness (QED) is 0.845. The molecule has 1 saturated carbocycles. The second-order valence-corrected chi connectivity index (χ2v) is 6.87. The lowest BCUT2D eigenvalue weighted by Crippen LogP contribution is -2.30. The molecule has 1 aliphatic carbocycles. The van der Waals surface area contributed by atoms with E-state index in [1.807, 2.05) is 0 Å². The molecule has 2 nitrogen and oxygen atoms in total. The van der Waals surface area contributed by atoms with E-state index in [-0.39, 0.29) is 5.41 Å². The summed E-state index contributed by atoms with van der Waals surface area (Å²) in [4.78, 5) is 2.42. The van der Waals surface area contributed by atoms with Crippen molar-refractivity contribution < 1.29 is 0 Å². The fraction of sp³-hybridized carbons (Fsp3) is 0.647. The van der Waals surface area contributed by atoms with Crippen LogP contribution in [0.4, 0.5) is 0 Å². The third kappa shape index (κ3) is 4.63. The Morgan fingerprint density at radius 3 is 2.53 bits per heavy atom. The van der Waals surface area contributed by atoms with Crippen LogP contribution in [0.2, 0.25) is 0 Å². The number of benzene rings is 1. The van der Waals surface area contributed by atoms with E-state index in [1.165, 1.54) is 24.0 Å². The summed E-state index contributed by atoms with van der Waals surface area (Å²) >= 11 is 0. The first-order valence-corrected chi connectivity index (χ1v) is 7.47. The minimum Gasteiger partial charge on any atom is -0.313 e. The van der Waals surface area contributed by atoms with Crippen LogP contribution in [0.25, 0.3) is 0 Å². The van der Waals surface area contributed by atoms with Gasteiger partial charge in [0.2, 0.25) is 0 Å². The van der Waals surface area contributed by atoms with Crippen molar-refractivity contribution in [3.63, 3.8) is 0 Å². The van der Waals surface area contributed by atoms with Gasteiger partial charge in [-0.3, -0.25) is 0 Å². The molecule has 2 heteroatoms. The fourth-order valence-corrected chi connectivity index (χ4v) is 2.51. The van der Waals surface area contributed by atoms with Gasteiger partial charge < -0.3 is 10.2 Å². The normalized spacial score (nSPS) is 16.1. The largest absolute Gasteiger partial charge is 0.313 e. The molecule has 0 heterocycles. The van der Waals surface area contributed by atoms with E-state index < -0.39 is 0 Å². The van der Waals surface area contributed by atoms with Crippen LogP contribution in [0.5, 0.6) is 0 Å². The van der Waals surface area contributed by atoms with Gasteiger partial charge in [0.15, 0.2) is 0 Å². The Morgan fingerprint density at radius 1 is 1.21 bits per heavy atom. The van der Waals surface area contributed by atoms with E-state index in [0.717, 1.165) is 25.7 Å². The van der Waals surface area contributed by atoms with Gasteiger partial charge in [-0.1, -0.05) is 45.0 Å². The minimum atomic E-state index is 0.226. The second-order valence-electron chi connectivity index (χ2n) is 6.87. The highest BCUT2D eigenvalue weighted by atomic mass is 15.1. The van der Waals surface area contributed by atoms with Crippen LogP contribution in [0.1, 0.15) is 44.7 Å². The molecule has 0 bridgehead atoms. The third-order valence-electron chi connectivity index (χ3n) is 3.77. The maximum Gasteiger partial charge on any atom is 0.0234 e. The van der Waals surface area contributed by atoms with Crippen molar-refractivity contribution in [2.75, 3.05) is 20.1 Å². The predicted octanol–water partition coefficient (Wildman–Crippen LogP) is 3.17. The number of hydrogen-bond donors (Lipinski definition) is 1. The summed E-state index contributed by atoms with van der Waals surface area (Å²) in [5, 5.41) is 3.58. The number of rotatable bonds is 6. The summed E-state index contributed by atoms with van der Waals surface area (Å²) < 4.78 is 0. The first-order chi connectivity index (χ1) is 8.97. The Morgan fingerprint density at radius 2 is 1.89 bits per heavy atom. The van der Waals surface area contributed by atoms with Crippen LogP contribution in [0.15, 0.2) is 24.3 Å². The van der Waals surface area contributed by atoms with Gasteiger partial charge in [0.25, 0.3) is 0 Å². The Bertz CT molecular complexity index is 402.